The molecule has 0 bridgehead atoms. The number of hydrogen-bond donors (Lipinski definition) is 1. The van der Waals surface area contributed by atoms with Crippen LogP contribution in [0.3, 0.4) is 0 Å². The summed E-state index contributed by atoms with van der Waals surface area (Å²) in [4.78, 5) is 10.0. The minimum atomic E-state index is -2.87. The molecule has 0 saturated heterocycles. The minimum Gasteiger partial charge on any atom is -0.481 e. The van der Waals surface area contributed by atoms with Gasteiger partial charge in [0.25, 0.3) is 6.43 Å². The molecule has 0 radical (unpaired) electrons. The first-order chi connectivity index (χ1) is 4.46. The van der Waals surface area contributed by atoms with Gasteiger partial charge in [0.2, 0.25) is 0 Å². The average molecular weight is 150 g/mol. The molecular weight excluding hydrogens is 142 g/mol. The van der Waals surface area contributed by atoms with Gasteiger partial charge in [-0.15, -0.1) is 0 Å². The van der Waals surface area contributed by atoms with Crippen LogP contribution in [0.15, 0.2) is 12.2 Å². The van der Waals surface area contributed by atoms with Gasteiger partial charge < -0.3 is 5.11 Å². The van der Waals surface area contributed by atoms with Crippen molar-refractivity contribution in [2.24, 2.45) is 5.92 Å². The van der Waals surface area contributed by atoms with Crippen LogP contribution in [-0.4, -0.2) is 17.5 Å². The van der Waals surface area contributed by atoms with Crippen molar-refractivity contribution in [3.05, 3.63) is 12.2 Å². The average Bonchev–Trinajstić information content (AvgIpc) is 1.59. The standard InChI is InChI=1S/C6H8F2O2/c1-3(2)4(5(7)8)6(9)10/h4-5H,1H2,2H3,(H,9,10). The van der Waals surface area contributed by atoms with Crippen LogP contribution in [-0.2, 0) is 4.79 Å². The Labute approximate surface area is 57.2 Å². The SMILES string of the molecule is C=C(C)C(C(=O)O)C(F)F. The van der Waals surface area contributed by atoms with E-state index in [1.807, 2.05) is 0 Å². The van der Waals surface area contributed by atoms with E-state index in [-0.39, 0.29) is 5.57 Å². The lowest BCUT2D eigenvalue weighted by Gasteiger charge is -2.09. The maximum Gasteiger partial charge on any atom is 0.316 e. The van der Waals surface area contributed by atoms with Crippen molar-refractivity contribution in [3.8, 4) is 0 Å². The Bertz CT molecular complexity index is 140. The first-order valence-corrected chi connectivity index (χ1v) is 2.63. The summed E-state index contributed by atoms with van der Waals surface area (Å²) in [6.07, 6.45) is -2.87. The lowest BCUT2D eigenvalue weighted by atomic mass is 10.0. The number of aliphatic carboxylic acids is 1. The molecular formula is C6H8F2O2. The molecule has 0 heterocycles. The van der Waals surface area contributed by atoms with Crippen molar-refractivity contribution in [3.63, 3.8) is 0 Å². The summed E-state index contributed by atoms with van der Waals surface area (Å²) in [5.41, 5.74) is -0.0255. The normalized spacial score (nSPS) is 13.2. The lowest BCUT2D eigenvalue weighted by Crippen LogP contribution is -2.22. The molecule has 0 rings (SSSR count). The summed E-state index contributed by atoms with van der Waals surface area (Å²) in [6.45, 7) is 4.41. The maximum atomic E-state index is 11.8. The van der Waals surface area contributed by atoms with Gasteiger partial charge in [-0.1, -0.05) is 12.2 Å². The first-order valence-electron chi connectivity index (χ1n) is 2.63. The monoisotopic (exact) mass is 150 g/mol. The van der Waals surface area contributed by atoms with Crippen LogP contribution in [0.25, 0.3) is 0 Å². The summed E-state index contributed by atoms with van der Waals surface area (Å²) >= 11 is 0. The second-order valence-corrected chi connectivity index (χ2v) is 2.00. The van der Waals surface area contributed by atoms with E-state index in [0.717, 1.165) is 0 Å². The highest BCUT2D eigenvalue weighted by molar-refractivity contribution is 5.73. The molecule has 1 atom stereocenters. The van der Waals surface area contributed by atoms with Gasteiger partial charge in [0.1, 0.15) is 5.92 Å². The third-order valence-corrected chi connectivity index (χ3v) is 1.05. The molecule has 0 aromatic carbocycles. The van der Waals surface area contributed by atoms with Gasteiger partial charge in [0.05, 0.1) is 0 Å². The molecule has 0 aromatic rings. The topological polar surface area (TPSA) is 37.3 Å². The quantitative estimate of drug-likeness (QED) is 0.619. The summed E-state index contributed by atoms with van der Waals surface area (Å²) in [5, 5.41) is 8.17. The number of rotatable bonds is 3. The summed E-state index contributed by atoms with van der Waals surface area (Å²) in [6, 6.07) is 0. The van der Waals surface area contributed by atoms with Crippen LogP contribution < -0.4 is 0 Å². The van der Waals surface area contributed by atoms with E-state index in [0.29, 0.717) is 0 Å². The van der Waals surface area contributed by atoms with Crippen molar-refractivity contribution >= 4 is 5.97 Å². The van der Waals surface area contributed by atoms with Crippen LogP contribution in [0.5, 0.6) is 0 Å². The molecule has 0 aromatic heterocycles. The zero-order valence-corrected chi connectivity index (χ0v) is 5.47. The largest absolute Gasteiger partial charge is 0.481 e. The minimum absolute atomic E-state index is 0.0255. The fourth-order valence-corrected chi connectivity index (χ4v) is 0.534. The zero-order valence-electron chi connectivity index (χ0n) is 5.47. The van der Waals surface area contributed by atoms with Crippen molar-refractivity contribution in [1.29, 1.82) is 0 Å². The molecule has 58 valence electrons. The van der Waals surface area contributed by atoms with E-state index in [1.54, 1.807) is 0 Å². The smallest absolute Gasteiger partial charge is 0.316 e. The highest BCUT2D eigenvalue weighted by Crippen LogP contribution is 2.17. The van der Waals surface area contributed by atoms with E-state index in [2.05, 4.69) is 6.58 Å². The van der Waals surface area contributed by atoms with Crippen molar-refractivity contribution < 1.29 is 18.7 Å². The molecule has 1 unspecified atom stereocenters. The van der Waals surface area contributed by atoms with Crippen LogP contribution in [0.4, 0.5) is 8.78 Å². The Balaban J connectivity index is 4.27. The molecule has 0 fully saturated rings. The fraction of sp³-hybridized carbons (Fsp3) is 0.500. The molecule has 0 aliphatic rings. The molecule has 0 aliphatic carbocycles. The molecule has 2 nitrogen and oxygen atoms in total. The van der Waals surface area contributed by atoms with Gasteiger partial charge in [0.15, 0.2) is 0 Å². The van der Waals surface area contributed by atoms with Crippen molar-refractivity contribution in [1.82, 2.24) is 0 Å². The van der Waals surface area contributed by atoms with Gasteiger partial charge in [-0.25, -0.2) is 8.78 Å². The molecule has 10 heavy (non-hydrogen) atoms. The Kier molecular flexibility index (Phi) is 2.99. The lowest BCUT2D eigenvalue weighted by molar-refractivity contribution is -0.144. The van der Waals surface area contributed by atoms with Gasteiger partial charge >= 0.3 is 5.97 Å². The molecule has 0 aliphatic heterocycles. The first kappa shape index (κ1) is 9.07. The van der Waals surface area contributed by atoms with E-state index < -0.39 is 18.3 Å². The second kappa shape index (κ2) is 3.29. The summed E-state index contributed by atoms with van der Waals surface area (Å²) < 4.78 is 23.5. The van der Waals surface area contributed by atoms with Crippen LogP contribution in [0.2, 0.25) is 0 Å². The number of carboxylic acids is 1. The van der Waals surface area contributed by atoms with Crippen LogP contribution in [0, 0.1) is 5.92 Å². The third kappa shape index (κ3) is 2.13. The molecule has 1 N–H and O–H groups in total. The predicted octanol–water partition coefficient (Wildman–Crippen LogP) is 1.53. The Morgan fingerprint density at radius 3 is 2.00 bits per heavy atom. The summed E-state index contributed by atoms with van der Waals surface area (Å²) in [7, 11) is 0. The van der Waals surface area contributed by atoms with Crippen molar-refractivity contribution in [2.45, 2.75) is 13.3 Å². The predicted molar refractivity (Wildman–Crippen MR) is 31.9 cm³/mol. The zero-order chi connectivity index (χ0) is 8.31. The van der Waals surface area contributed by atoms with Gasteiger partial charge in [0, 0.05) is 0 Å². The van der Waals surface area contributed by atoms with Gasteiger partial charge in [-0.3, -0.25) is 4.79 Å². The van der Waals surface area contributed by atoms with Crippen LogP contribution in [0.1, 0.15) is 6.92 Å². The number of carboxylic acid groups (broad SMARTS) is 1. The maximum absolute atomic E-state index is 11.8. The molecule has 0 amide bonds. The Hall–Kier alpha value is -0.930. The highest BCUT2D eigenvalue weighted by Gasteiger charge is 2.28. The second-order valence-electron chi connectivity index (χ2n) is 2.00. The Morgan fingerprint density at radius 2 is 2.00 bits per heavy atom. The number of halogens is 2. The van der Waals surface area contributed by atoms with E-state index in [4.69, 9.17) is 5.11 Å². The van der Waals surface area contributed by atoms with E-state index >= 15 is 0 Å². The molecule has 0 spiro atoms. The third-order valence-electron chi connectivity index (χ3n) is 1.05. The van der Waals surface area contributed by atoms with Crippen molar-refractivity contribution in [2.75, 3.05) is 0 Å². The van der Waals surface area contributed by atoms with Gasteiger partial charge in [-0.2, -0.15) is 0 Å². The highest BCUT2D eigenvalue weighted by atomic mass is 19.3. The van der Waals surface area contributed by atoms with E-state index in [1.165, 1.54) is 6.92 Å². The van der Waals surface area contributed by atoms with E-state index in [9.17, 15) is 13.6 Å². The van der Waals surface area contributed by atoms with Gasteiger partial charge in [-0.05, 0) is 6.92 Å². The van der Waals surface area contributed by atoms with Crippen LogP contribution >= 0.6 is 0 Å². The number of carbonyl (C=O) groups is 1. The number of hydrogen-bond acceptors (Lipinski definition) is 1. The fourth-order valence-electron chi connectivity index (χ4n) is 0.534. The molecule has 0 saturated carbocycles. The Morgan fingerprint density at radius 1 is 1.60 bits per heavy atom. The summed E-state index contributed by atoms with van der Waals surface area (Å²) in [5.74, 6) is -3.25. The number of alkyl halides is 2. The molecule has 4 heteroatoms.